The molecule has 1 aromatic heterocycles. The van der Waals surface area contributed by atoms with E-state index >= 15 is 0 Å². The lowest BCUT2D eigenvalue weighted by molar-refractivity contribution is -0.116. The molecule has 35 heavy (non-hydrogen) atoms. The molecule has 9 nitrogen and oxygen atoms in total. The van der Waals surface area contributed by atoms with Gasteiger partial charge in [-0.05, 0) is 61.7 Å². The topological polar surface area (TPSA) is 113 Å². The number of rotatable bonds is 9. The minimum Gasteiger partial charge on any atom is -0.355 e. The molecule has 1 saturated heterocycles. The van der Waals surface area contributed by atoms with E-state index in [4.69, 9.17) is 4.98 Å². The smallest absolute Gasteiger partial charge is 0.251 e. The summed E-state index contributed by atoms with van der Waals surface area (Å²) in [6.07, 6.45) is 3.30. The molecule has 0 aliphatic carbocycles. The Labute approximate surface area is 205 Å². The number of aryl methyl sites for hydroxylation is 2. The van der Waals surface area contributed by atoms with E-state index in [1.807, 2.05) is 6.07 Å². The molecule has 10 heteroatoms. The van der Waals surface area contributed by atoms with Crippen LogP contribution in [0, 0.1) is 0 Å². The number of fused-ring (bicyclic) bond motifs is 1. The second-order valence-corrected chi connectivity index (χ2v) is 10.6. The Morgan fingerprint density at radius 3 is 2.43 bits per heavy atom. The van der Waals surface area contributed by atoms with Gasteiger partial charge in [0.15, 0.2) is 0 Å². The first-order chi connectivity index (χ1) is 16.8. The van der Waals surface area contributed by atoms with E-state index in [1.54, 1.807) is 43.4 Å². The van der Waals surface area contributed by atoms with Crippen LogP contribution < -0.4 is 10.6 Å². The van der Waals surface area contributed by atoms with Crippen molar-refractivity contribution in [1.82, 2.24) is 19.2 Å². The summed E-state index contributed by atoms with van der Waals surface area (Å²) in [6.45, 7) is 3.91. The van der Waals surface area contributed by atoms with Crippen LogP contribution in [-0.4, -0.2) is 54.2 Å². The number of benzene rings is 2. The van der Waals surface area contributed by atoms with Gasteiger partial charge >= 0.3 is 0 Å². The third kappa shape index (κ3) is 5.38. The Morgan fingerprint density at radius 1 is 1.06 bits per heavy atom. The molecule has 1 fully saturated rings. The highest BCUT2D eigenvalue weighted by Crippen LogP contribution is 2.26. The summed E-state index contributed by atoms with van der Waals surface area (Å²) >= 11 is 0. The Balaban J connectivity index is 1.49. The molecular weight excluding hydrogens is 466 g/mol. The zero-order valence-electron chi connectivity index (χ0n) is 20.1. The molecule has 2 aromatic carbocycles. The largest absolute Gasteiger partial charge is 0.355 e. The van der Waals surface area contributed by atoms with Crippen molar-refractivity contribution in [1.29, 1.82) is 0 Å². The lowest BCUT2D eigenvalue weighted by Crippen LogP contribution is -2.27. The average Bonchev–Trinajstić information content (AvgIpc) is 3.52. The van der Waals surface area contributed by atoms with Crippen LogP contribution in [0.25, 0.3) is 11.0 Å². The molecule has 0 spiro atoms. The lowest BCUT2D eigenvalue weighted by Gasteiger charge is -2.15. The molecule has 2 heterocycles. The molecule has 2 N–H and O–H groups in total. The van der Waals surface area contributed by atoms with E-state index in [1.165, 1.54) is 4.31 Å². The van der Waals surface area contributed by atoms with Crippen LogP contribution in [0.1, 0.15) is 48.8 Å². The summed E-state index contributed by atoms with van der Waals surface area (Å²) in [5.41, 5.74) is 2.62. The van der Waals surface area contributed by atoms with Crippen LogP contribution >= 0.6 is 0 Å². The van der Waals surface area contributed by atoms with Crippen molar-refractivity contribution in [3.63, 3.8) is 0 Å². The Hall–Kier alpha value is -3.24. The first-order valence-electron chi connectivity index (χ1n) is 11.9. The molecule has 2 amide bonds. The number of anilines is 1. The second kappa shape index (κ2) is 10.6. The molecule has 1 aliphatic rings. The fourth-order valence-electron chi connectivity index (χ4n) is 4.36. The van der Waals surface area contributed by atoms with Crippen molar-refractivity contribution in [2.75, 3.05) is 25.5 Å². The van der Waals surface area contributed by atoms with Gasteiger partial charge < -0.3 is 15.2 Å². The number of sulfonamides is 1. The lowest BCUT2D eigenvalue weighted by atomic mass is 10.2. The van der Waals surface area contributed by atoms with Crippen molar-refractivity contribution in [2.45, 2.75) is 50.5 Å². The minimum absolute atomic E-state index is 0.162. The summed E-state index contributed by atoms with van der Waals surface area (Å²) in [7, 11) is -1.96. The number of imidazole rings is 1. The maximum Gasteiger partial charge on any atom is 0.251 e. The van der Waals surface area contributed by atoms with Gasteiger partial charge in [0.25, 0.3) is 5.91 Å². The van der Waals surface area contributed by atoms with E-state index < -0.39 is 10.0 Å². The molecule has 0 radical (unpaired) electrons. The predicted molar refractivity (Wildman–Crippen MR) is 135 cm³/mol. The van der Waals surface area contributed by atoms with Crippen molar-refractivity contribution >= 4 is 38.6 Å². The van der Waals surface area contributed by atoms with Crippen LogP contribution in [0.2, 0.25) is 0 Å². The molecule has 3 aromatic rings. The molecular formula is C25H31N5O4S. The highest BCUT2D eigenvalue weighted by atomic mass is 32.2. The second-order valence-electron chi connectivity index (χ2n) is 8.65. The van der Waals surface area contributed by atoms with Gasteiger partial charge in [-0.25, -0.2) is 13.4 Å². The zero-order valence-corrected chi connectivity index (χ0v) is 20.9. The molecule has 186 valence electrons. The Morgan fingerprint density at radius 2 is 1.77 bits per heavy atom. The van der Waals surface area contributed by atoms with E-state index in [-0.39, 0.29) is 23.1 Å². The standard InChI is InChI=1S/C25H31N5O4S/c1-3-14-30-22-11-10-20(35(33,34)29-15-4-5-16-29)17-21(22)28-23(30)12-13-24(31)27-19-8-6-18(7-9-19)25(32)26-2/h6-11,17H,3-5,12-16H2,1-2H3,(H,26,32)(H,27,31). The maximum atomic E-state index is 13.0. The van der Waals surface area contributed by atoms with Crippen molar-refractivity contribution < 1.29 is 18.0 Å². The Bertz CT molecular complexity index is 1330. The van der Waals surface area contributed by atoms with Crippen LogP contribution in [0.15, 0.2) is 47.4 Å². The minimum atomic E-state index is -3.52. The molecule has 0 bridgehead atoms. The van der Waals surface area contributed by atoms with E-state index in [0.717, 1.165) is 37.1 Å². The summed E-state index contributed by atoms with van der Waals surface area (Å²) in [5, 5.41) is 5.41. The van der Waals surface area contributed by atoms with Crippen molar-refractivity contribution in [2.24, 2.45) is 0 Å². The fraction of sp³-hybridized carbons (Fsp3) is 0.400. The third-order valence-corrected chi connectivity index (χ3v) is 8.08. The number of hydrogen-bond acceptors (Lipinski definition) is 5. The summed E-state index contributed by atoms with van der Waals surface area (Å²) in [5.74, 6) is 0.405. The average molecular weight is 498 g/mol. The predicted octanol–water partition coefficient (Wildman–Crippen LogP) is 3.16. The highest BCUT2D eigenvalue weighted by molar-refractivity contribution is 7.89. The summed E-state index contributed by atoms with van der Waals surface area (Å²) in [6, 6.07) is 11.8. The highest BCUT2D eigenvalue weighted by Gasteiger charge is 2.28. The monoisotopic (exact) mass is 497 g/mol. The van der Waals surface area contributed by atoms with Gasteiger partial charge in [0, 0.05) is 50.8 Å². The number of hydrogen-bond donors (Lipinski definition) is 2. The van der Waals surface area contributed by atoms with Gasteiger partial charge in [-0.1, -0.05) is 6.92 Å². The number of aromatic nitrogens is 2. The van der Waals surface area contributed by atoms with Gasteiger partial charge in [0.2, 0.25) is 15.9 Å². The van der Waals surface area contributed by atoms with E-state index in [9.17, 15) is 18.0 Å². The Kier molecular flexibility index (Phi) is 7.51. The van der Waals surface area contributed by atoms with E-state index in [0.29, 0.717) is 36.3 Å². The number of amides is 2. The normalized spacial score (nSPS) is 14.3. The van der Waals surface area contributed by atoms with Crippen LogP contribution in [0.3, 0.4) is 0 Å². The van der Waals surface area contributed by atoms with Crippen molar-refractivity contribution in [3.05, 3.63) is 53.9 Å². The SMILES string of the molecule is CCCn1c(CCC(=O)Nc2ccc(C(=O)NC)cc2)nc2cc(S(=O)(=O)N3CCCC3)ccc21. The number of carbonyl (C=O) groups excluding carboxylic acids is 2. The first kappa shape index (κ1) is 24.9. The van der Waals surface area contributed by atoms with Gasteiger partial charge in [0.1, 0.15) is 5.82 Å². The van der Waals surface area contributed by atoms with Gasteiger partial charge in [0.05, 0.1) is 15.9 Å². The number of carbonyl (C=O) groups is 2. The van der Waals surface area contributed by atoms with Crippen LogP contribution in [0.5, 0.6) is 0 Å². The van der Waals surface area contributed by atoms with Gasteiger partial charge in [-0.15, -0.1) is 0 Å². The molecule has 0 saturated carbocycles. The van der Waals surface area contributed by atoms with Crippen LogP contribution in [-0.2, 0) is 27.8 Å². The molecule has 0 unspecified atom stereocenters. The first-order valence-corrected chi connectivity index (χ1v) is 13.4. The van der Waals surface area contributed by atoms with Gasteiger partial charge in [-0.3, -0.25) is 9.59 Å². The maximum absolute atomic E-state index is 13.0. The summed E-state index contributed by atoms with van der Waals surface area (Å²) < 4.78 is 29.5. The molecule has 1 aliphatic heterocycles. The number of nitrogens with one attached hydrogen (secondary N) is 2. The molecule has 4 rings (SSSR count). The van der Waals surface area contributed by atoms with E-state index in [2.05, 4.69) is 22.1 Å². The number of nitrogens with zero attached hydrogens (tertiary/aromatic N) is 3. The van der Waals surface area contributed by atoms with Crippen LogP contribution in [0.4, 0.5) is 5.69 Å². The summed E-state index contributed by atoms with van der Waals surface area (Å²) in [4.78, 5) is 29.2. The van der Waals surface area contributed by atoms with Gasteiger partial charge in [-0.2, -0.15) is 4.31 Å². The molecule has 0 atom stereocenters. The third-order valence-electron chi connectivity index (χ3n) is 6.18. The fourth-order valence-corrected chi connectivity index (χ4v) is 5.90. The van der Waals surface area contributed by atoms with Crippen molar-refractivity contribution in [3.8, 4) is 0 Å². The quantitative estimate of drug-likeness (QED) is 0.471. The zero-order chi connectivity index (χ0) is 25.0.